The summed E-state index contributed by atoms with van der Waals surface area (Å²) in [5.74, 6) is 0.556. The van der Waals surface area contributed by atoms with Crippen LogP contribution in [0.5, 0.6) is 5.88 Å². The molecule has 0 spiro atoms. The molecule has 3 aromatic heterocycles. The third kappa shape index (κ3) is 3.98. The van der Waals surface area contributed by atoms with Gasteiger partial charge >= 0.3 is 0 Å². The number of hydrogen-bond acceptors (Lipinski definition) is 6. The van der Waals surface area contributed by atoms with Crippen molar-refractivity contribution in [3.63, 3.8) is 0 Å². The van der Waals surface area contributed by atoms with Crippen LogP contribution in [0.15, 0.2) is 42.9 Å². The molecule has 166 valence electrons. The Morgan fingerprint density at radius 2 is 1.72 bits per heavy atom. The lowest BCUT2D eigenvalue weighted by Gasteiger charge is -2.46. The Balaban J connectivity index is 1.41. The molecule has 0 bridgehead atoms. The lowest BCUT2D eigenvalue weighted by molar-refractivity contribution is 0.0524. The molecule has 4 aromatic rings. The van der Waals surface area contributed by atoms with Gasteiger partial charge in [0.1, 0.15) is 6.10 Å². The van der Waals surface area contributed by atoms with E-state index in [1.807, 2.05) is 43.8 Å². The summed E-state index contributed by atoms with van der Waals surface area (Å²) < 4.78 is 8.02. The molecule has 32 heavy (non-hydrogen) atoms. The van der Waals surface area contributed by atoms with Crippen LogP contribution in [0.4, 0.5) is 0 Å². The van der Waals surface area contributed by atoms with Gasteiger partial charge in [-0.05, 0) is 45.4 Å². The Morgan fingerprint density at radius 1 is 0.969 bits per heavy atom. The van der Waals surface area contributed by atoms with Crippen molar-refractivity contribution in [1.29, 1.82) is 0 Å². The van der Waals surface area contributed by atoms with Crippen LogP contribution < -0.4 is 10.1 Å². The van der Waals surface area contributed by atoms with E-state index in [-0.39, 0.29) is 17.2 Å². The quantitative estimate of drug-likeness (QED) is 0.505. The summed E-state index contributed by atoms with van der Waals surface area (Å²) in [6, 6.07) is 7.99. The van der Waals surface area contributed by atoms with Crippen LogP contribution in [0.25, 0.3) is 33.3 Å². The molecule has 0 amide bonds. The minimum absolute atomic E-state index is 0.0159. The molecule has 1 fully saturated rings. The van der Waals surface area contributed by atoms with Crippen LogP contribution in [-0.4, -0.2) is 47.4 Å². The molecule has 8 heteroatoms. The van der Waals surface area contributed by atoms with Gasteiger partial charge in [0.2, 0.25) is 5.88 Å². The summed E-state index contributed by atoms with van der Waals surface area (Å²) in [4.78, 5) is 0. The Kier molecular flexibility index (Phi) is 4.78. The number of H-pyrrole nitrogens is 1. The SMILES string of the molecule is Cn1cc(-c2ccc(-c3ccc(OC4CC(C)(C)NC(C)(C)C4)nn3)c3[nH]ncc23)cn1. The van der Waals surface area contributed by atoms with Gasteiger partial charge in [0, 0.05) is 59.7 Å². The van der Waals surface area contributed by atoms with E-state index < -0.39 is 0 Å². The van der Waals surface area contributed by atoms with Gasteiger partial charge in [-0.2, -0.15) is 10.2 Å². The van der Waals surface area contributed by atoms with Crippen LogP contribution >= 0.6 is 0 Å². The average Bonchev–Trinajstić information content (AvgIpc) is 3.35. The first-order valence-corrected chi connectivity index (χ1v) is 10.9. The summed E-state index contributed by atoms with van der Waals surface area (Å²) in [6.45, 7) is 8.85. The molecule has 0 radical (unpaired) electrons. The number of fused-ring (bicyclic) bond motifs is 1. The number of rotatable bonds is 4. The third-order valence-electron chi connectivity index (χ3n) is 5.99. The number of piperidine rings is 1. The van der Waals surface area contributed by atoms with E-state index in [1.54, 1.807) is 4.68 Å². The minimum atomic E-state index is 0.0159. The zero-order valence-electron chi connectivity index (χ0n) is 19.2. The van der Waals surface area contributed by atoms with E-state index in [1.165, 1.54) is 0 Å². The molecule has 0 aliphatic carbocycles. The fourth-order valence-corrected chi connectivity index (χ4v) is 5.07. The van der Waals surface area contributed by atoms with Crippen molar-refractivity contribution in [3.05, 3.63) is 42.9 Å². The van der Waals surface area contributed by atoms with Crippen molar-refractivity contribution in [2.45, 2.75) is 57.7 Å². The van der Waals surface area contributed by atoms with Gasteiger partial charge in [-0.15, -0.1) is 10.2 Å². The fourth-order valence-electron chi connectivity index (χ4n) is 5.07. The minimum Gasteiger partial charge on any atom is -0.473 e. The first-order chi connectivity index (χ1) is 15.2. The largest absolute Gasteiger partial charge is 0.473 e. The maximum atomic E-state index is 6.23. The fraction of sp³-hybridized carbons (Fsp3) is 0.417. The number of aromatic nitrogens is 6. The van der Waals surface area contributed by atoms with Crippen molar-refractivity contribution in [3.8, 4) is 28.3 Å². The molecule has 0 atom stereocenters. The number of nitrogens with one attached hydrogen (secondary N) is 2. The van der Waals surface area contributed by atoms with Gasteiger partial charge < -0.3 is 10.1 Å². The van der Waals surface area contributed by atoms with Gasteiger partial charge in [-0.3, -0.25) is 9.78 Å². The Labute approximate surface area is 187 Å². The van der Waals surface area contributed by atoms with E-state index in [2.05, 4.69) is 64.6 Å². The zero-order chi connectivity index (χ0) is 22.5. The Hall–Kier alpha value is -3.26. The van der Waals surface area contributed by atoms with Crippen molar-refractivity contribution in [2.24, 2.45) is 7.05 Å². The summed E-state index contributed by atoms with van der Waals surface area (Å²) >= 11 is 0. The second-order valence-electron chi connectivity index (χ2n) is 10.0. The van der Waals surface area contributed by atoms with Crippen molar-refractivity contribution < 1.29 is 4.74 Å². The molecule has 5 rings (SSSR count). The smallest absolute Gasteiger partial charge is 0.233 e. The maximum absolute atomic E-state index is 6.23. The molecular formula is C24H29N7O. The normalized spacial score (nSPS) is 18.2. The molecule has 1 aliphatic heterocycles. The zero-order valence-corrected chi connectivity index (χ0v) is 19.2. The van der Waals surface area contributed by atoms with Crippen molar-refractivity contribution in [2.75, 3.05) is 0 Å². The first-order valence-electron chi connectivity index (χ1n) is 10.9. The van der Waals surface area contributed by atoms with Crippen LogP contribution in [0.2, 0.25) is 0 Å². The molecule has 8 nitrogen and oxygen atoms in total. The molecule has 4 heterocycles. The highest BCUT2D eigenvalue weighted by Crippen LogP contribution is 2.34. The van der Waals surface area contributed by atoms with Gasteiger partial charge in [0.15, 0.2) is 0 Å². The molecule has 1 aromatic carbocycles. The lowest BCUT2D eigenvalue weighted by atomic mass is 9.81. The number of hydrogen-bond donors (Lipinski definition) is 2. The Bertz CT molecular complexity index is 1240. The molecule has 2 N–H and O–H groups in total. The summed E-state index contributed by atoms with van der Waals surface area (Å²) in [5, 5.41) is 25.2. The van der Waals surface area contributed by atoms with E-state index in [0.29, 0.717) is 5.88 Å². The molecule has 1 aliphatic rings. The number of nitrogens with zero attached hydrogens (tertiary/aromatic N) is 5. The lowest BCUT2D eigenvalue weighted by Crippen LogP contribution is -2.60. The van der Waals surface area contributed by atoms with Crippen LogP contribution in [0, 0.1) is 0 Å². The van der Waals surface area contributed by atoms with Gasteiger partial charge in [-0.1, -0.05) is 6.07 Å². The highest BCUT2D eigenvalue weighted by molar-refractivity contribution is 6.01. The maximum Gasteiger partial charge on any atom is 0.233 e. The first kappa shape index (κ1) is 20.6. The highest BCUT2D eigenvalue weighted by atomic mass is 16.5. The third-order valence-corrected chi connectivity index (χ3v) is 5.99. The molecule has 0 saturated carbocycles. The van der Waals surface area contributed by atoms with Gasteiger partial charge in [0.05, 0.1) is 23.6 Å². The summed E-state index contributed by atoms with van der Waals surface area (Å²) in [7, 11) is 1.91. The highest BCUT2D eigenvalue weighted by Gasteiger charge is 2.38. The van der Waals surface area contributed by atoms with E-state index in [0.717, 1.165) is 46.1 Å². The van der Waals surface area contributed by atoms with Gasteiger partial charge in [-0.25, -0.2) is 0 Å². The second kappa shape index (κ2) is 7.41. The van der Waals surface area contributed by atoms with E-state index in [4.69, 9.17) is 4.74 Å². The monoisotopic (exact) mass is 431 g/mol. The van der Waals surface area contributed by atoms with Crippen LogP contribution in [-0.2, 0) is 7.05 Å². The second-order valence-corrected chi connectivity index (χ2v) is 10.0. The molecule has 0 unspecified atom stereocenters. The van der Waals surface area contributed by atoms with Crippen molar-refractivity contribution in [1.82, 2.24) is 35.5 Å². The molecular weight excluding hydrogens is 402 g/mol. The topological polar surface area (TPSA) is 93.5 Å². The number of benzene rings is 1. The standard InChI is InChI=1S/C24H29N7O/c1-23(2)10-16(11-24(3,4)30-23)32-21-9-8-20(27-28-21)18-7-6-17(15-12-26-31(5)14-15)19-13-25-29-22(18)19/h6-9,12-14,16,30H,10-11H2,1-5H3,(H,25,29). The van der Waals surface area contributed by atoms with Crippen LogP contribution in [0.3, 0.4) is 0 Å². The number of ether oxygens (including phenoxy) is 1. The number of aromatic amines is 1. The summed E-state index contributed by atoms with van der Waals surface area (Å²) in [5.41, 5.74) is 4.81. The van der Waals surface area contributed by atoms with E-state index >= 15 is 0 Å². The van der Waals surface area contributed by atoms with Crippen LogP contribution in [0.1, 0.15) is 40.5 Å². The van der Waals surface area contributed by atoms with Crippen molar-refractivity contribution >= 4 is 10.9 Å². The average molecular weight is 432 g/mol. The van der Waals surface area contributed by atoms with Gasteiger partial charge in [0.25, 0.3) is 0 Å². The predicted molar refractivity (Wildman–Crippen MR) is 124 cm³/mol. The Morgan fingerprint density at radius 3 is 2.38 bits per heavy atom. The number of aryl methyl sites for hydroxylation is 1. The molecule has 1 saturated heterocycles. The van der Waals surface area contributed by atoms with E-state index in [9.17, 15) is 0 Å². The summed E-state index contributed by atoms with van der Waals surface area (Å²) in [6.07, 6.45) is 7.63. The predicted octanol–water partition coefficient (Wildman–Crippen LogP) is 4.11.